The maximum atomic E-state index is 13.7. The number of nitrogens with zero attached hydrogens (tertiary/aromatic N) is 2. The van der Waals surface area contributed by atoms with Crippen molar-refractivity contribution in [3.8, 4) is 5.75 Å². The number of ketones is 3. The summed E-state index contributed by atoms with van der Waals surface area (Å²) in [6.07, 6.45) is 2.26. The minimum Gasteiger partial charge on any atom is -0.508 e. The molecule has 4 aromatic carbocycles. The molecule has 1 aliphatic rings. The Labute approximate surface area is 265 Å². The average Bonchev–Trinajstić information content (AvgIpc) is 3.91. The van der Waals surface area contributed by atoms with Crippen LogP contribution < -0.4 is 4.90 Å². The molecule has 0 radical (unpaired) electrons. The first-order valence-corrected chi connectivity index (χ1v) is 14.9. The van der Waals surface area contributed by atoms with Gasteiger partial charge in [-0.25, -0.2) is 0 Å². The van der Waals surface area contributed by atoms with Crippen LogP contribution >= 0.6 is 11.6 Å². The van der Waals surface area contributed by atoms with E-state index < -0.39 is 23.5 Å². The summed E-state index contributed by atoms with van der Waals surface area (Å²) in [6.45, 7) is 0.821. The van der Waals surface area contributed by atoms with Crippen LogP contribution in [0.1, 0.15) is 66.8 Å². The zero-order valence-corrected chi connectivity index (χ0v) is 24.9. The summed E-state index contributed by atoms with van der Waals surface area (Å²) >= 11 is 6.11. The van der Waals surface area contributed by atoms with Crippen LogP contribution in [0.3, 0.4) is 0 Å². The van der Waals surface area contributed by atoms with Gasteiger partial charge in [0.15, 0.2) is 11.6 Å². The lowest BCUT2D eigenvalue weighted by molar-refractivity contribution is 0.0744. The minimum atomic E-state index is -1.72. The van der Waals surface area contributed by atoms with Crippen LogP contribution in [-0.2, 0) is 0 Å². The molecule has 1 aliphatic carbocycles. The normalized spacial score (nSPS) is 13.2. The van der Waals surface area contributed by atoms with E-state index in [0.717, 1.165) is 17.9 Å². The maximum absolute atomic E-state index is 13.7. The van der Waals surface area contributed by atoms with Crippen LogP contribution in [0, 0.1) is 5.92 Å². The number of hydrogen-bond acceptors (Lipinski definition) is 7. The van der Waals surface area contributed by atoms with Crippen molar-refractivity contribution in [2.24, 2.45) is 5.92 Å². The second-order valence-electron chi connectivity index (χ2n) is 11.1. The van der Waals surface area contributed by atoms with Crippen molar-refractivity contribution in [3.63, 3.8) is 0 Å². The summed E-state index contributed by atoms with van der Waals surface area (Å²) in [4.78, 5) is 47.1. The molecule has 1 saturated carbocycles. The Morgan fingerprint density at radius 3 is 2.13 bits per heavy atom. The highest BCUT2D eigenvalue weighted by atomic mass is 35.5. The van der Waals surface area contributed by atoms with Crippen LogP contribution in [0.2, 0.25) is 5.02 Å². The van der Waals surface area contributed by atoms with Crippen molar-refractivity contribution in [3.05, 3.63) is 154 Å². The molecule has 1 heterocycles. The van der Waals surface area contributed by atoms with E-state index >= 15 is 0 Å². The molecule has 0 bridgehead atoms. The molecule has 1 atom stereocenters. The molecule has 7 nitrogen and oxygen atoms in total. The number of pyridine rings is 1. The number of rotatable bonds is 11. The topological polar surface area (TPSA) is 108 Å². The zero-order valence-electron chi connectivity index (χ0n) is 24.1. The molecule has 1 unspecified atom stereocenters. The number of aliphatic hydroxyl groups excluding tert-OH is 1. The molecule has 6 rings (SSSR count). The van der Waals surface area contributed by atoms with Gasteiger partial charge in [0.25, 0.3) is 0 Å². The Hall–Kier alpha value is -5.11. The fraction of sp³-hybridized carbons (Fsp3) is 0.135. The molecule has 224 valence electrons. The third-order valence-corrected chi connectivity index (χ3v) is 8.09. The van der Waals surface area contributed by atoms with Gasteiger partial charge in [-0.3, -0.25) is 19.4 Å². The van der Waals surface area contributed by atoms with E-state index in [1.54, 1.807) is 42.6 Å². The molecule has 2 N–H and O–H groups in total. The van der Waals surface area contributed by atoms with E-state index in [-0.39, 0.29) is 39.3 Å². The van der Waals surface area contributed by atoms with Gasteiger partial charge >= 0.3 is 0 Å². The molecule has 0 spiro atoms. The van der Waals surface area contributed by atoms with Gasteiger partial charge in [0, 0.05) is 45.1 Å². The second-order valence-corrected chi connectivity index (χ2v) is 11.5. The fourth-order valence-electron chi connectivity index (χ4n) is 5.21. The van der Waals surface area contributed by atoms with Crippen molar-refractivity contribution < 1.29 is 24.6 Å². The molecule has 1 fully saturated rings. The van der Waals surface area contributed by atoms with Crippen LogP contribution in [0.5, 0.6) is 5.75 Å². The first-order chi connectivity index (χ1) is 21.8. The molecular formula is C37H29ClN2O5. The van der Waals surface area contributed by atoms with Crippen LogP contribution in [0.25, 0.3) is 0 Å². The van der Waals surface area contributed by atoms with Crippen molar-refractivity contribution in [2.75, 3.05) is 11.4 Å². The molecule has 8 heteroatoms. The molecule has 45 heavy (non-hydrogen) atoms. The lowest BCUT2D eigenvalue weighted by Crippen LogP contribution is -2.20. The number of aliphatic hydroxyl groups is 1. The molecule has 1 aromatic heterocycles. The van der Waals surface area contributed by atoms with E-state index in [1.165, 1.54) is 55.3 Å². The summed E-state index contributed by atoms with van der Waals surface area (Å²) in [7, 11) is 0. The number of anilines is 2. The molecule has 0 amide bonds. The Morgan fingerprint density at radius 1 is 0.778 bits per heavy atom. The van der Waals surface area contributed by atoms with E-state index in [2.05, 4.69) is 9.88 Å². The predicted molar refractivity (Wildman–Crippen MR) is 173 cm³/mol. The van der Waals surface area contributed by atoms with Gasteiger partial charge in [-0.1, -0.05) is 60.1 Å². The first kappa shape index (κ1) is 29.9. The molecule has 5 aromatic rings. The predicted octanol–water partition coefficient (Wildman–Crippen LogP) is 7.37. The van der Waals surface area contributed by atoms with E-state index in [9.17, 15) is 24.6 Å². The fourth-order valence-corrected chi connectivity index (χ4v) is 5.33. The SMILES string of the molecule is O=C(c1ccc(C(=O)c2cccc(O)c2)c(C(O)C(=O)c2ccccc2)c1)c1ccc(N(CC2CC2)c2ccc(Cl)cc2)cn1. The Kier molecular flexibility index (Phi) is 8.56. The molecule has 0 aliphatic heterocycles. The largest absolute Gasteiger partial charge is 0.508 e. The summed E-state index contributed by atoms with van der Waals surface area (Å²) in [5.74, 6) is -1.08. The number of hydrogen-bond donors (Lipinski definition) is 2. The zero-order chi connectivity index (χ0) is 31.5. The lowest BCUT2D eigenvalue weighted by Gasteiger charge is -2.25. The number of carbonyl (C=O) groups excluding carboxylic acids is 3. The van der Waals surface area contributed by atoms with E-state index in [0.29, 0.717) is 10.9 Å². The van der Waals surface area contributed by atoms with Crippen LogP contribution in [0.4, 0.5) is 11.4 Å². The minimum absolute atomic E-state index is 0.0157. The van der Waals surface area contributed by atoms with E-state index in [4.69, 9.17) is 11.6 Å². The average molecular weight is 617 g/mol. The number of carbonyl (C=O) groups is 3. The van der Waals surface area contributed by atoms with Gasteiger partial charge in [-0.15, -0.1) is 0 Å². The monoisotopic (exact) mass is 616 g/mol. The number of aromatic nitrogens is 1. The number of halogens is 1. The number of Topliss-reactive ketones (excluding diaryl/α,β-unsaturated/α-hetero) is 1. The quantitative estimate of drug-likeness (QED) is 0.149. The van der Waals surface area contributed by atoms with Crippen LogP contribution in [0.15, 0.2) is 115 Å². The second kappa shape index (κ2) is 12.9. The van der Waals surface area contributed by atoms with Crippen molar-refractivity contribution in [2.45, 2.75) is 18.9 Å². The van der Waals surface area contributed by atoms with Gasteiger partial charge < -0.3 is 15.1 Å². The van der Waals surface area contributed by atoms with Gasteiger partial charge in [-0.2, -0.15) is 0 Å². The number of benzene rings is 4. The first-order valence-electron chi connectivity index (χ1n) is 14.6. The van der Waals surface area contributed by atoms with Crippen molar-refractivity contribution in [1.29, 1.82) is 0 Å². The summed E-state index contributed by atoms with van der Waals surface area (Å²) in [5, 5.41) is 21.8. The highest BCUT2D eigenvalue weighted by Gasteiger charge is 2.28. The van der Waals surface area contributed by atoms with Gasteiger partial charge in [0.2, 0.25) is 5.78 Å². The van der Waals surface area contributed by atoms with Crippen molar-refractivity contribution in [1.82, 2.24) is 4.98 Å². The Bertz CT molecular complexity index is 1870. The number of aromatic hydroxyl groups is 1. The number of phenolic OH excluding ortho intramolecular Hbond substituents is 1. The number of phenols is 1. The third-order valence-electron chi connectivity index (χ3n) is 7.84. The summed E-state index contributed by atoms with van der Waals surface area (Å²) in [6, 6.07) is 29.4. The van der Waals surface area contributed by atoms with Crippen molar-refractivity contribution >= 4 is 40.3 Å². The molecule has 0 saturated heterocycles. The Balaban J connectivity index is 1.33. The van der Waals surface area contributed by atoms with Crippen LogP contribution in [-0.4, -0.2) is 39.1 Å². The van der Waals surface area contributed by atoms with Gasteiger partial charge in [-0.05, 0) is 79.4 Å². The standard InChI is InChI=1S/C37H29ClN2O5/c38-27-12-14-28(15-13-27)40(22-23-9-10-23)29-16-18-33(39-21-29)35(43)26-11-17-31(34(42)25-7-4-8-30(41)19-25)32(20-26)37(45)36(44)24-5-2-1-3-6-24/h1-8,11-21,23,37,41,45H,9-10,22H2. The lowest BCUT2D eigenvalue weighted by atomic mass is 9.89. The highest BCUT2D eigenvalue weighted by Crippen LogP contribution is 2.35. The Morgan fingerprint density at radius 2 is 1.47 bits per heavy atom. The maximum Gasteiger partial charge on any atom is 0.211 e. The third kappa shape index (κ3) is 6.70. The smallest absolute Gasteiger partial charge is 0.211 e. The van der Waals surface area contributed by atoms with Gasteiger partial charge in [0.1, 0.15) is 17.5 Å². The molecular weight excluding hydrogens is 588 g/mol. The summed E-state index contributed by atoms with van der Waals surface area (Å²) < 4.78 is 0. The van der Waals surface area contributed by atoms with Gasteiger partial charge in [0.05, 0.1) is 11.9 Å². The van der Waals surface area contributed by atoms with E-state index in [1.807, 2.05) is 30.3 Å². The summed E-state index contributed by atoms with van der Waals surface area (Å²) in [5.41, 5.74) is 2.58. The highest BCUT2D eigenvalue weighted by molar-refractivity contribution is 6.30.